The van der Waals surface area contributed by atoms with E-state index in [0.717, 1.165) is 12.0 Å². The standard InChI is InChI=1S/C17H16O/c1-2-17(18)13-16-10-8-15(9-11-16)12-14-6-4-3-5-7-14/h2-11H,1,12-13H2. The van der Waals surface area contributed by atoms with Crippen LogP contribution in [0.4, 0.5) is 0 Å². The molecule has 2 rings (SSSR count). The number of benzene rings is 2. The minimum absolute atomic E-state index is 0.0609. The zero-order valence-electron chi connectivity index (χ0n) is 10.3. The molecule has 0 aliphatic heterocycles. The lowest BCUT2D eigenvalue weighted by Crippen LogP contribution is -1.98. The summed E-state index contributed by atoms with van der Waals surface area (Å²) in [5.41, 5.74) is 3.60. The molecule has 1 nitrogen and oxygen atoms in total. The van der Waals surface area contributed by atoms with Gasteiger partial charge in [0.15, 0.2) is 5.78 Å². The Morgan fingerprint density at radius 2 is 1.44 bits per heavy atom. The minimum Gasteiger partial charge on any atom is -0.295 e. The van der Waals surface area contributed by atoms with Crippen molar-refractivity contribution in [3.05, 3.63) is 83.9 Å². The molecule has 0 N–H and O–H groups in total. The number of ketones is 1. The highest BCUT2D eigenvalue weighted by Gasteiger charge is 2.00. The molecule has 0 bridgehead atoms. The van der Waals surface area contributed by atoms with Crippen LogP contribution in [0.15, 0.2) is 67.3 Å². The highest BCUT2D eigenvalue weighted by molar-refractivity contribution is 5.90. The fourth-order valence-corrected chi connectivity index (χ4v) is 1.88. The normalized spacial score (nSPS) is 10.0. The summed E-state index contributed by atoms with van der Waals surface area (Å²) in [6.07, 6.45) is 2.74. The molecule has 0 saturated carbocycles. The summed E-state index contributed by atoms with van der Waals surface area (Å²) in [7, 11) is 0. The van der Waals surface area contributed by atoms with Crippen molar-refractivity contribution in [3.8, 4) is 0 Å². The van der Waals surface area contributed by atoms with Crippen molar-refractivity contribution in [3.63, 3.8) is 0 Å². The molecule has 0 saturated heterocycles. The van der Waals surface area contributed by atoms with Gasteiger partial charge in [-0.15, -0.1) is 0 Å². The molecule has 2 aromatic rings. The maximum absolute atomic E-state index is 11.2. The average Bonchev–Trinajstić information content (AvgIpc) is 2.42. The fraction of sp³-hybridized carbons (Fsp3) is 0.118. The molecule has 1 heteroatoms. The Bertz CT molecular complexity index is 523. The van der Waals surface area contributed by atoms with Crippen LogP contribution in [0.3, 0.4) is 0 Å². The van der Waals surface area contributed by atoms with E-state index in [2.05, 4.69) is 30.8 Å². The van der Waals surface area contributed by atoms with E-state index in [1.165, 1.54) is 17.2 Å². The third-order valence-electron chi connectivity index (χ3n) is 2.88. The molecular formula is C17H16O. The van der Waals surface area contributed by atoms with Gasteiger partial charge in [-0.2, -0.15) is 0 Å². The SMILES string of the molecule is C=CC(=O)Cc1ccc(Cc2ccccc2)cc1. The smallest absolute Gasteiger partial charge is 0.159 e. The van der Waals surface area contributed by atoms with Gasteiger partial charge in [0.1, 0.15) is 0 Å². The molecule has 0 atom stereocenters. The van der Waals surface area contributed by atoms with Crippen LogP contribution in [0.2, 0.25) is 0 Å². The second-order valence-electron chi connectivity index (χ2n) is 4.33. The molecular weight excluding hydrogens is 220 g/mol. The second-order valence-corrected chi connectivity index (χ2v) is 4.33. The van der Waals surface area contributed by atoms with Crippen LogP contribution in [0, 0.1) is 0 Å². The topological polar surface area (TPSA) is 17.1 Å². The van der Waals surface area contributed by atoms with Crippen molar-refractivity contribution in [2.24, 2.45) is 0 Å². The highest BCUT2D eigenvalue weighted by atomic mass is 16.1. The minimum atomic E-state index is 0.0609. The van der Waals surface area contributed by atoms with Gasteiger partial charge in [0, 0.05) is 6.42 Å². The Hall–Kier alpha value is -2.15. The van der Waals surface area contributed by atoms with Gasteiger partial charge in [0.25, 0.3) is 0 Å². The number of carbonyl (C=O) groups is 1. The molecule has 0 aliphatic rings. The molecule has 0 amide bonds. The van der Waals surface area contributed by atoms with Crippen LogP contribution in [0.5, 0.6) is 0 Å². The predicted molar refractivity (Wildman–Crippen MR) is 74.6 cm³/mol. The van der Waals surface area contributed by atoms with Crippen LogP contribution in [-0.4, -0.2) is 5.78 Å². The van der Waals surface area contributed by atoms with Gasteiger partial charge in [-0.05, 0) is 29.2 Å². The third-order valence-corrected chi connectivity index (χ3v) is 2.88. The molecule has 0 spiro atoms. The van der Waals surface area contributed by atoms with E-state index in [-0.39, 0.29) is 5.78 Å². The first-order chi connectivity index (χ1) is 8.78. The lowest BCUT2D eigenvalue weighted by molar-refractivity contribution is -0.114. The summed E-state index contributed by atoms with van der Waals surface area (Å²) in [5, 5.41) is 0. The Morgan fingerprint density at radius 1 is 0.889 bits per heavy atom. The number of allylic oxidation sites excluding steroid dienone is 1. The van der Waals surface area contributed by atoms with Crippen molar-refractivity contribution in [1.82, 2.24) is 0 Å². The molecule has 0 radical (unpaired) electrons. The molecule has 0 aliphatic carbocycles. The average molecular weight is 236 g/mol. The Morgan fingerprint density at radius 3 is 2.06 bits per heavy atom. The number of hydrogen-bond donors (Lipinski definition) is 0. The van der Waals surface area contributed by atoms with E-state index in [1.54, 1.807) is 0 Å². The zero-order valence-corrected chi connectivity index (χ0v) is 10.3. The van der Waals surface area contributed by atoms with Crippen LogP contribution in [-0.2, 0) is 17.6 Å². The highest BCUT2D eigenvalue weighted by Crippen LogP contribution is 2.11. The quantitative estimate of drug-likeness (QED) is 0.725. The molecule has 0 fully saturated rings. The fourth-order valence-electron chi connectivity index (χ4n) is 1.88. The predicted octanol–water partition coefficient (Wildman–Crippen LogP) is 3.58. The van der Waals surface area contributed by atoms with Crippen molar-refractivity contribution in [2.75, 3.05) is 0 Å². The second kappa shape index (κ2) is 5.97. The first kappa shape index (κ1) is 12.3. The summed E-state index contributed by atoms with van der Waals surface area (Å²) in [4.78, 5) is 11.2. The third kappa shape index (κ3) is 3.42. The summed E-state index contributed by atoms with van der Waals surface area (Å²) in [6, 6.07) is 18.5. The van der Waals surface area contributed by atoms with E-state index in [4.69, 9.17) is 0 Å². The van der Waals surface area contributed by atoms with Gasteiger partial charge in [-0.1, -0.05) is 61.2 Å². The number of rotatable bonds is 5. The number of carbonyl (C=O) groups excluding carboxylic acids is 1. The zero-order chi connectivity index (χ0) is 12.8. The summed E-state index contributed by atoms with van der Waals surface area (Å²) in [6.45, 7) is 3.48. The maximum Gasteiger partial charge on any atom is 0.159 e. The first-order valence-electron chi connectivity index (χ1n) is 6.05. The lowest BCUT2D eigenvalue weighted by atomic mass is 10.0. The van der Waals surface area contributed by atoms with Crippen LogP contribution in [0.1, 0.15) is 16.7 Å². The van der Waals surface area contributed by atoms with E-state index in [9.17, 15) is 4.79 Å². The number of hydrogen-bond acceptors (Lipinski definition) is 1. The molecule has 18 heavy (non-hydrogen) atoms. The maximum atomic E-state index is 11.2. The van der Waals surface area contributed by atoms with E-state index in [0.29, 0.717) is 6.42 Å². The van der Waals surface area contributed by atoms with E-state index in [1.807, 2.05) is 30.3 Å². The largest absolute Gasteiger partial charge is 0.295 e. The Kier molecular flexibility index (Phi) is 4.08. The molecule has 0 unspecified atom stereocenters. The van der Waals surface area contributed by atoms with Gasteiger partial charge in [0.05, 0.1) is 0 Å². The molecule has 90 valence electrons. The Balaban J connectivity index is 2.04. The summed E-state index contributed by atoms with van der Waals surface area (Å²) >= 11 is 0. The van der Waals surface area contributed by atoms with Crippen molar-refractivity contribution in [2.45, 2.75) is 12.8 Å². The monoisotopic (exact) mass is 236 g/mol. The van der Waals surface area contributed by atoms with Crippen LogP contribution in [0.25, 0.3) is 0 Å². The van der Waals surface area contributed by atoms with Crippen LogP contribution < -0.4 is 0 Å². The van der Waals surface area contributed by atoms with Crippen molar-refractivity contribution < 1.29 is 4.79 Å². The van der Waals surface area contributed by atoms with Crippen molar-refractivity contribution in [1.29, 1.82) is 0 Å². The molecule has 0 heterocycles. The summed E-state index contributed by atoms with van der Waals surface area (Å²) in [5.74, 6) is 0.0609. The van der Waals surface area contributed by atoms with Gasteiger partial charge in [-0.3, -0.25) is 4.79 Å². The summed E-state index contributed by atoms with van der Waals surface area (Å²) < 4.78 is 0. The van der Waals surface area contributed by atoms with Gasteiger partial charge < -0.3 is 0 Å². The molecule has 2 aromatic carbocycles. The first-order valence-corrected chi connectivity index (χ1v) is 6.05. The van der Waals surface area contributed by atoms with Crippen molar-refractivity contribution >= 4 is 5.78 Å². The molecule has 0 aromatic heterocycles. The van der Waals surface area contributed by atoms with Crippen LogP contribution >= 0.6 is 0 Å². The van der Waals surface area contributed by atoms with Gasteiger partial charge in [-0.25, -0.2) is 0 Å². The van der Waals surface area contributed by atoms with E-state index >= 15 is 0 Å². The lowest BCUT2D eigenvalue weighted by Gasteiger charge is -2.03. The Labute approximate surface area is 108 Å². The van der Waals surface area contributed by atoms with E-state index < -0.39 is 0 Å². The van der Waals surface area contributed by atoms with Gasteiger partial charge >= 0.3 is 0 Å². The van der Waals surface area contributed by atoms with Gasteiger partial charge in [0.2, 0.25) is 0 Å².